The van der Waals surface area contributed by atoms with Crippen molar-refractivity contribution in [1.82, 2.24) is 0 Å². The van der Waals surface area contributed by atoms with Gasteiger partial charge in [-0.1, -0.05) is 12.6 Å². The molecule has 0 aliphatic carbocycles. The van der Waals surface area contributed by atoms with E-state index in [0.29, 0.717) is 13.7 Å². The summed E-state index contributed by atoms with van der Waals surface area (Å²) in [5.41, 5.74) is 0. The van der Waals surface area contributed by atoms with Gasteiger partial charge in [-0.15, -0.1) is 0 Å². The zero-order valence-corrected chi connectivity index (χ0v) is 11.0. The lowest BCUT2D eigenvalue weighted by atomic mass is 10.3. The van der Waals surface area contributed by atoms with Gasteiger partial charge in [0.25, 0.3) is 0 Å². The molecule has 9 heteroatoms. The zero-order chi connectivity index (χ0) is 13.9. The fourth-order valence-electron chi connectivity index (χ4n) is 0.634. The Kier molecular flexibility index (Phi) is 10.9. The van der Waals surface area contributed by atoms with Crippen LogP contribution in [0.3, 0.4) is 0 Å². The molecule has 106 valence electrons. The monoisotopic (exact) mass is 286 g/mol. The minimum absolute atomic E-state index is 0.147. The average molecular weight is 286 g/mol. The number of ether oxygens (including phenoxy) is 1. The van der Waals surface area contributed by atoms with Crippen molar-refractivity contribution >= 4 is 9.52 Å². The first-order valence-electron chi connectivity index (χ1n) is 4.89. The van der Waals surface area contributed by atoms with Gasteiger partial charge in [-0.05, 0) is 10.9 Å². The van der Waals surface area contributed by atoms with E-state index in [-0.39, 0.29) is 9.52 Å². The zero-order valence-electron chi connectivity index (χ0n) is 9.62. The van der Waals surface area contributed by atoms with E-state index >= 15 is 0 Å². The molecule has 0 bridgehead atoms. The summed E-state index contributed by atoms with van der Waals surface area (Å²) in [5, 5.41) is 0. The van der Waals surface area contributed by atoms with Gasteiger partial charge in [0.05, 0.1) is 6.61 Å². The second kappa shape index (κ2) is 9.72. The maximum atomic E-state index is 11.7. The van der Waals surface area contributed by atoms with Gasteiger partial charge in [0.2, 0.25) is 0 Å². The number of alkyl halides is 5. The molecule has 0 saturated carbocycles. The molecule has 0 aromatic heterocycles. The molecule has 0 saturated heterocycles. The summed E-state index contributed by atoms with van der Waals surface area (Å²) in [7, 11) is 0.526. The van der Waals surface area contributed by atoms with Gasteiger partial charge in [-0.3, -0.25) is 0 Å². The summed E-state index contributed by atoms with van der Waals surface area (Å²) in [6, 6.07) is 1.20. The van der Waals surface area contributed by atoms with Gasteiger partial charge in [-0.25, -0.2) is 4.39 Å². The fraction of sp³-hybridized carbons (Fsp3) is 1.00. The highest BCUT2D eigenvalue weighted by atomic mass is 28.2. The van der Waals surface area contributed by atoms with E-state index in [4.69, 9.17) is 0 Å². The largest absolute Gasteiger partial charge is 0.421 e. The first-order chi connectivity index (χ1) is 7.79. The quantitative estimate of drug-likeness (QED) is 0.407. The molecule has 0 unspecified atom stereocenters. The summed E-state index contributed by atoms with van der Waals surface area (Å²) in [5.74, 6) is -4.73. The molecule has 0 rings (SSSR count). The molecule has 17 heavy (non-hydrogen) atoms. The van der Waals surface area contributed by atoms with E-state index in [1.807, 2.05) is 0 Å². The van der Waals surface area contributed by atoms with Crippen LogP contribution in [0.25, 0.3) is 0 Å². The molecule has 0 fully saturated rings. The third kappa shape index (κ3) is 8.44. The van der Waals surface area contributed by atoms with Crippen molar-refractivity contribution in [3.05, 3.63) is 0 Å². The van der Waals surface area contributed by atoms with E-state index in [2.05, 4.69) is 16.2 Å². The normalized spacial score (nSPS) is 12.7. The second-order valence-electron chi connectivity index (χ2n) is 3.08. The number of halogens is 6. The van der Waals surface area contributed by atoms with E-state index in [1.54, 1.807) is 0 Å². The highest BCUT2D eigenvalue weighted by Crippen LogP contribution is 2.34. The molecular formula is C8H16F6O2Si. The van der Waals surface area contributed by atoms with E-state index in [1.165, 1.54) is 6.04 Å². The van der Waals surface area contributed by atoms with Crippen molar-refractivity contribution in [2.24, 2.45) is 0 Å². The molecule has 0 heterocycles. The Hall–Kier alpha value is -0.283. The molecule has 2 nitrogen and oxygen atoms in total. The predicted molar refractivity (Wildman–Crippen MR) is 53.8 cm³/mol. The van der Waals surface area contributed by atoms with Crippen LogP contribution in [-0.2, 0) is 9.68 Å². The van der Waals surface area contributed by atoms with Crippen LogP contribution in [0, 0.1) is 0 Å². The molecule has 0 aromatic carbocycles. The summed E-state index contributed by atoms with van der Waals surface area (Å²) in [4.78, 5) is 3.37. The lowest BCUT2D eigenvalue weighted by Gasteiger charge is -2.21. The van der Waals surface area contributed by atoms with Gasteiger partial charge in [0.15, 0.2) is 6.67 Å². The van der Waals surface area contributed by atoms with Crippen molar-refractivity contribution in [3.63, 3.8) is 0 Å². The standard InChI is InChI=1S/C4H5F5O.C4H11FOSi/c1-10-4(8,9)3(6,7)2-5;1-7-4-2-3-6-5/h2H2,1H3;2-4,7H2,1H3. The van der Waals surface area contributed by atoms with Gasteiger partial charge in [0.1, 0.15) is 0 Å². The Morgan fingerprint density at radius 3 is 1.94 bits per heavy atom. The van der Waals surface area contributed by atoms with Crippen LogP contribution in [0.2, 0.25) is 12.6 Å². The van der Waals surface area contributed by atoms with Crippen LogP contribution in [0.5, 0.6) is 0 Å². The third-order valence-corrected chi connectivity index (χ3v) is 2.88. The summed E-state index contributed by atoms with van der Waals surface area (Å²) in [6.07, 6.45) is -3.82. The molecule has 0 aliphatic rings. The minimum atomic E-state index is -4.73. The van der Waals surface area contributed by atoms with Gasteiger partial charge < -0.3 is 4.74 Å². The molecule has 0 amide bonds. The second-order valence-corrected chi connectivity index (χ2v) is 4.79. The Labute approximate surface area is 98.0 Å². The van der Waals surface area contributed by atoms with Crippen molar-refractivity contribution in [2.45, 2.75) is 31.0 Å². The van der Waals surface area contributed by atoms with Crippen molar-refractivity contribution in [1.29, 1.82) is 0 Å². The van der Waals surface area contributed by atoms with Crippen molar-refractivity contribution in [2.75, 3.05) is 20.4 Å². The summed E-state index contributed by atoms with van der Waals surface area (Å²) < 4.78 is 71.8. The maximum absolute atomic E-state index is 11.7. The fourth-order valence-corrected chi connectivity index (χ4v) is 1.34. The van der Waals surface area contributed by atoms with Crippen LogP contribution in [0.4, 0.5) is 26.5 Å². The summed E-state index contributed by atoms with van der Waals surface area (Å²) in [6.45, 7) is 0.0624. The van der Waals surface area contributed by atoms with Crippen LogP contribution in [0.1, 0.15) is 6.42 Å². The maximum Gasteiger partial charge on any atom is 0.421 e. The molecule has 0 aromatic rings. The topological polar surface area (TPSA) is 18.5 Å². The highest BCUT2D eigenvalue weighted by molar-refractivity contribution is 6.33. The number of methoxy groups -OCH3 is 1. The smallest absolute Gasteiger partial charge is 0.319 e. The average Bonchev–Trinajstić information content (AvgIpc) is 2.30. The van der Waals surface area contributed by atoms with Crippen molar-refractivity contribution in [3.8, 4) is 0 Å². The highest BCUT2D eigenvalue weighted by Gasteiger charge is 2.57. The SMILES string of the molecule is COC(F)(F)C(F)(F)CF.C[SiH2]CCCOF. The molecule has 0 N–H and O–H groups in total. The first-order valence-corrected chi connectivity index (χ1v) is 7.30. The van der Waals surface area contributed by atoms with E-state index in [0.717, 1.165) is 6.42 Å². The van der Waals surface area contributed by atoms with Crippen LogP contribution >= 0.6 is 0 Å². The van der Waals surface area contributed by atoms with Gasteiger partial charge in [-0.2, -0.15) is 22.5 Å². The number of hydrogen-bond donors (Lipinski definition) is 0. The van der Waals surface area contributed by atoms with Gasteiger partial charge >= 0.3 is 12.0 Å². The molecule has 0 atom stereocenters. The van der Waals surface area contributed by atoms with Crippen molar-refractivity contribution < 1.29 is 36.2 Å². The van der Waals surface area contributed by atoms with Crippen LogP contribution < -0.4 is 0 Å². The molecule has 0 radical (unpaired) electrons. The summed E-state index contributed by atoms with van der Waals surface area (Å²) >= 11 is 0. The Balaban J connectivity index is 0. The first kappa shape index (κ1) is 19.1. The van der Waals surface area contributed by atoms with E-state index in [9.17, 15) is 26.5 Å². The minimum Gasteiger partial charge on any atom is -0.319 e. The lowest BCUT2D eigenvalue weighted by molar-refractivity contribution is -0.340. The van der Waals surface area contributed by atoms with Gasteiger partial charge in [0, 0.05) is 16.6 Å². The third-order valence-electron chi connectivity index (χ3n) is 1.68. The Morgan fingerprint density at radius 2 is 1.71 bits per heavy atom. The number of hydrogen-bond acceptors (Lipinski definition) is 2. The lowest BCUT2D eigenvalue weighted by Crippen LogP contribution is -2.43. The Bertz CT molecular complexity index is 163. The molecule has 0 spiro atoms. The molecular weight excluding hydrogens is 270 g/mol. The number of rotatable bonds is 7. The van der Waals surface area contributed by atoms with E-state index < -0.39 is 18.7 Å². The van der Waals surface area contributed by atoms with Crippen LogP contribution in [-0.4, -0.2) is 41.9 Å². The predicted octanol–water partition coefficient (Wildman–Crippen LogP) is 2.74. The van der Waals surface area contributed by atoms with Crippen LogP contribution in [0.15, 0.2) is 0 Å². The molecule has 0 aliphatic heterocycles. The Morgan fingerprint density at radius 1 is 1.18 bits per heavy atom.